The third kappa shape index (κ3) is 13.8. The molecule has 0 spiro atoms. The standard InChI is InChI=1S/C6H10O3.C6H8O3.C6H6O3.C6H10O2/c3*1-4-2-5(7)3-6(8)9-4;1-5-3-2-4-6(7)8-5/h4-5,7H,2-3H2,1H3;3-4,7H,2H2,1H3;2-3,7H,1H3;5H,2-4H2,1H3. The zero-order valence-electron chi connectivity index (χ0n) is 20.4. The van der Waals surface area contributed by atoms with Crippen molar-refractivity contribution in [1.29, 1.82) is 0 Å². The van der Waals surface area contributed by atoms with Crippen LogP contribution in [0, 0.1) is 6.92 Å². The van der Waals surface area contributed by atoms with Crippen LogP contribution in [0.25, 0.3) is 0 Å². The second-order valence-corrected chi connectivity index (χ2v) is 8.42. The molecule has 1 aromatic heterocycles. The van der Waals surface area contributed by atoms with Crippen molar-refractivity contribution >= 4 is 17.9 Å². The first-order valence-corrected chi connectivity index (χ1v) is 11.3. The van der Waals surface area contributed by atoms with Crippen molar-refractivity contribution < 1.29 is 48.3 Å². The van der Waals surface area contributed by atoms with Crippen LogP contribution in [0.2, 0.25) is 0 Å². The molecule has 4 unspecified atom stereocenters. The van der Waals surface area contributed by atoms with Gasteiger partial charge in [0.15, 0.2) is 0 Å². The maximum Gasteiger partial charge on any atom is 0.339 e. The maximum atomic E-state index is 10.5. The molecule has 3 N–H and O–H groups in total. The number of aromatic hydroxyl groups is 1. The van der Waals surface area contributed by atoms with Gasteiger partial charge in [-0.3, -0.25) is 9.59 Å². The van der Waals surface area contributed by atoms with Crippen molar-refractivity contribution in [3.63, 3.8) is 0 Å². The lowest BCUT2D eigenvalue weighted by atomic mass is 10.1. The van der Waals surface area contributed by atoms with Gasteiger partial charge in [-0.05, 0) is 40.5 Å². The summed E-state index contributed by atoms with van der Waals surface area (Å²) < 4.78 is 18.8. The van der Waals surface area contributed by atoms with E-state index in [0.717, 1.165) is 25.0 Å². The lowest BCUT2D eigenvalue weighted by molar-refractivity contribution is -0.158. The van der Waals surface area contributed by atoms with Crippen LogP contribution in [0.1, 0.15) is 65.1 Å². The first kappa shape index (κ1) is 29.7. The second kappa shape index (κ2) is 14.8. The molecule has 0 saturated carbocycles. The van der Waals surface area contributed by atoms with Crippen LogP contribution < -0.4 is 5.63 Å². The Labute approximate surface area is 203 Å². The summed E-state index contributed by atoms with van der Waals surface area (Å²) in [5.74, 6) is -0.307. The predicted octanol–water partition coefficient (Wildman–Crippen LogP) is 2.59. The average Bonchev–Trinajstić information content (AvgIpc) is 2.66. The van der Waals surface area contributed by atoms with Gasteiger partial charge < -0.3 is 33.9 Å². The molecule has 4 heterocycles. The Morgan fingerprint density at radius 3 is 1.94 bits per heavy atom. The summed E-state index contributed by atoms with van der Waals surface area (Å²) >= 11 is 0. The van der Waals surface area contributed by atoms with E-state index in [2.05, 4.69) is 9.15 Å². The Morgan fingerprint density at radius 2 is 1.51 bits per heavy atom. The SMILES string of the molecule is CC1CC(O)=CC(=O)O1.CC1CC(O)CC(=O)O1.CC1CCCC(=O)O1.Cc1cc(O)cc(=O)o1. The third-order valence-electron chi connectivity index (χ3n) is 4.64. The van der Waals surface area contributed by atoms with Gasteiger partial charge in [-0.2, -0.15) is 0 Å². The Morgan fingerprint density at radius 1 is 0.857 bits per heavy atom. The number of rotatable bonds is 0. The van der Waals surface area contributed by atoms with Crippen LogP contribution in [0.3, 0.4) is 0 Å². The van der Waals surface area contributed by atoms with Crippen molar-refractivity contribution in [2.24, 2.45) is 0 Å². The van der Waals surface area contributed by atoms with Crippen molar-refractivity contribution in [3.8, 4) is 5.75 Å². The van der Waals surface area contributed by atoms with Crippen LogP contribution >= 0.6 is 0 Å². The highest BCUT2D eigenvalue weighted by Crippen LogP contribution is 2.14. The van der Waals surface area contributed by atoms with Crippen molar-refractivity contribution in [2.45, 2.75) is 90.6 Å². The van der Waals surface area contributed by atoms with E-state index >= 15 is 0 Å². The van der Waals surface area contributed by atoms with Crippen molar-refractivity contribution in [2.75, 3.05) is 0 Å². The van der Waals surface area contributed by atoms with Gasteiger partial charge in [0, 0.05) is 25.3 Å². The van der Waals surface area contributed by atoms with Gasteiger partial charge >= 0.3 is 23.5 Å². The van der Waals surface area contributed by atoms with E-state index in [1.54, 1.807) is 20.8 Å². The number of aliphatic hydroxyl groups excluding tert-OH is 2. The fraction of sp³-hybridized carbons (Fsp3) is 0.583. The molecule has 1 aromatic rings. The Hall–Kier alpha value is -3.34. The second-order valence-electron chi connectivity index (χ2n) is 8.42. The van der Waals surface area contributed by atoms with Gasteiger partial charge in [0.05, 0.1) is 30.8 Å². The molecule has 11 nitrogen and oxygen atoms in total. The molecule has 11 heteroatoms. The van der Waals surface area contributed by atoms with Gasteiger partial charge in [-0.15, -0.1) is 0 Å². The molecule has 35 heavy (non-hydrogen) atoms. The normalized spacial score (nSPS) is 25.4. The van der Waals surface area contributed by atoms with E-state index < -0.39 is 17.7 Å². The Bertz CT molecular complexity index is 898. The molecule has 0 aliphatic carbocycles. The molecule has 0 amide bonds. The summed E-state index contributed by atoms with van der Waals surface area (Å²) in [6.45, 7) is 7.04. The molecule has 4 rings (SSSR count). The largest absolute Gasteiger partial charge is 0.512 e. The fourth-order valence-electron chi connectivity index (χ4n) is 3.21. The number of carbonyl (C=O) groups excluding carboxylic acids is 3. The van der Waals surface area contributed by atoms with Crippen molar-refractivity contribution in [3.05, 3.63) is 40.1 Å². The average molecular weight is 499 g/mol. The van der Waals surface area contributed by atoms with Gasteiger partial charge in [0.25, 0.3) is 0 Å². The molecular weight excluding hydrogens is 464 g/mol. The van der Waals surface area contributed by atoms with Gasteiger partial charge in [-0.1, -0.05) is 0 Å². The molecular formula is C24H34O11. The Balaban J connectivity index is 0.000000234. The minimum Gasteiger partial charge on any atom is -0.512 e. The number of carbonyl (C=O) groups is 3. The summed E-state index contributed by atoms with van der Waals surface area (Å²) in [5.41, 5.74) is -0.521. The molecule has 196 valence electrons. The number of aryl methyl sites for hydroxylation is 1. The highest BCUT2D eigenvalue weighted by atomic mass is 16.6. The maximum absolute atomic E-state index is 10.5. The molecule has 4 atom stereocenters. The molecule has 2 saturated heterocycles. The summed E-state index contributed by atoms with van der Waals surface area (Å²) in [4.78, 5) is 41.8. The molecule has 2 fully saturated rings. The van der Waals surface area contributed by atoms with E-state index in [-0.39, 0.29) is 48.2 Å². The highest BCUT2D eigenvalue weighted by Gasteiger charge is 2.23. The molecule has 3 aliphatic heterocycles. The fourth-order valence-corrected chi connectivity index (χ4v) is 3.21. The van der Waals surface area contributed by atoms with E-state index in [9.17, 15) is 19.2 Å². The summed E-state index contributed by atoms with van der Waals surface area (Å²) in [6, 6.07) is 2.40. The topological polar surface area (TPSA) is 170 Å². The molecule has 0 bridgehead atoms. The van der Waals surface area contributed by atoms with Crippen LogP contribution in [-0.4, -0.2) is 57.6 Å². The van der Waals surface area contributed by atoms with Gasteiger partial charge in [0.2, 0.25) is 0 Å². The van der Waals surface area contributed by atoms with E-state index in [1.807, 2.05) is 6.92 Å². The number of hydrogen-bond acceptors (Lipinski definition) is 11. The number of hydrogen-bond donors (Lipinski definition) is 3. The number of ether oxygens (including phenoxy) is 3. The smallest absolute Gasteiger partial charge is 0.339 e. The molecule has 3 aliphatic rings. The van der Waals surface area contributed by atoms with Crippen LogP contribution in [0.4, 0.5) is 0 Å². The number of esters is 3. The molecule has 0 aromatic carbocycles. The number of cyclic esters (lactones) is 3. The predicted molar refractivity (Wildman–Crippen MR) is 122 cm³/mol. The zero-order valence-corrected chi connectivity index (χ0v) is 20.4. The van der Waals surface area contributed by atoms with Crippen molar-refractivity contribution in [1.82, 2.24) is 0 Å². The zero-order chi connectivity index (χ0) is 26.5. The molecule has 0 radical (unpaired) electrons. The Kier molecular flexibility index (Phi) is 12.6. The van der Waals surface area contributed by atoms with Crippen LogP contribution in [0.5, 0.6) is 5.75 Å². The minimum absolute atomic E-state index is 0.0382. The summed E-state index contributed by atoms with van der Waals surface area (Å²) in [6.07, 6.45) is 4.30. The highest BCUT2D eigenvalue weighted by molar-refractivity contribution is 5.83. The third-order valence-corrected chi connectivity index (χ3v) is 4.64. The summed E-state index contributed by atoms with van der Waals surface area (Å²) in [5, 5.41) is 26.5. The quantitative estimate of drug-likeness (QED) is 0.355. The lowest BCUT2D eigenvalue weighted by Crippen LogP contribution is -2.30. The van der Waals surface area contributed by atoms with Gasteiger partial charge in [-0.25, -0.2) is 9.59 Å². The van der Waals surface area contributed by atoms with E-state index in [4.69, 9.17) is 24.8 Å². The first-order chi connectivity index (χ1) is 16.3. The first-order valence-electron chi connectivity index (χ1n) is 11.3. The lowest BCUT2D eigenvalue weighted by Gasteiger charge is -2.22. The summed E-state index contributed by atoms with van der Waals surface area (Å²) in [7, 11) is 0. The van der Waals surface area contributed by atoms with Crippen LogP contribution in [0.15, 0.2) is 33.2 Å². The van der Waals surface area contributed by atoms with Crippen LogP contribution in [-0.2, 0) is 28.6 Å². The van der Waals surface area contributed by atoms with E-state index in [0.29, 0.717) is 25.0 Å². The van der Waals surface area contributed by atoms with Gasteiger partial charge in [0.1, 0.15) is 29.5 Å². The minimum atomic E-state index is -0.521. The van der Waals surface area contributed by atoms with E-state index in [1.165, 1.54) is 6.07 Å². The number of aliphatic hydroxyl groups is 2. The monoisotopic (exact) mass is 498 g/mol.